The highest BCUT2D eigenvalue weighted by molar-refractivity contribution is 9.10. The molecule has 4 aromatic rings. The van der Waals surface area contributed by atoms with Crippen LogP contribution in [0.3, 0.4) is 0 Å². The summed E-state index contributed by atoms with van der Waals surface area (Å²) >= 11 is 20.6. The third kappa shape index (κ3) is 12.5. The molecule has 0 saturated carbocycles. The van der Waals surface area contributed by atoms with Gasteiger partial charge in [0, 0.05) is 72.1 Å². The molecule has 14 nitrogen and oxygen atoms in total. The van der Waals surface area contributed by atoms with Crippen molar-refractivity contribution in [1.29, 1.82) is 0 Å². The normalized spacial score (nSPS) is 15.9. The number of hydrogen-bond donors (Lipinski definition) is 6. The average Bonchev–Trinajstić information content (AvgIpc) is 3.81. The number of benzene rings is 2. The first-order valence-electron chi connectivity index (χ1n) is 18.4. The summed E-state index contributed by atoms with van der Waals surface area (Å²) in [4.78, 5) is 31.2. The number of carboxylic acid groups (broad SMARTS) is 2. The van der Waals surface area contributed by atoms with E-state index in [0.717, 1.165) is 29.8 Å². The third-order valence-electron chi connectivity index (χ3n) is 9.69. The lowest BCUT2D eigenvalue weighted by molar-refractivity contribution is -0.143. The van der Waals surface area contributed by atoms with E-state index in [4.69, 9.17) is 34.6 Å². The van der Waals surface area contributed by atoms with Crippen molar-refractivity contribution in [2.24, 2.45) is 10.2 Å². The predicted molar refractivity (Wildman–Crippen MR) is 250 cm³/mol. The van der Waals surface area contributed by atoms with Gasteiger partial charge in [-0.05, 0) is 80.6 Å². The van der Waals surface area contributed by atoms with Gasteiger partial charge in [0.25, 0.3) is 0 Å². The Hall–Kier alpha value is -4.02. The van der Waals surface area contributed by atoms with E-state index < -0.39 is 18.0 Å². The summed E-state index contributed by atoms with van der Waals surface area (Å²) in [5.74, 6) is -1.24. The van der Waals surface area contributed by atoms with Crippen LogP contribution in [0.2, 0.25) is 0 Å². The van der Waals surface area contributed by atoms with Crippen molar-refractivity contribution in [3.8, 4) is 32.4 Å². The summed E-state index contributed by atoms with van der Waals surface area (Å²) in [6.07, 6.45) is 0. The first kappa shape index (κ1) is 46.1. The van der Waals surface area contributed by atoms with Crippen molar-refractivity contribution in [2.45, 2.75) is 26.8 Å². The summed E-state index contributed by atoms with van der Waals surface area (Å²) in [6.45, 7) is 10.4. The minimum absolute atomic E-state index is 0.0451. The van der Waals surface area contributed by atoms with Crippen molar-refractivity contribution in [2.75, 3.05) is 58.9 Å². The molecular weight excluding hydrogens is 965 g/mol. The van der Waals surface area contributed by atoms with E-state index in [1.165, 1.54) is 22.7 Å². The van der Waals surface area contributed by atoms with E-state index in [2.05, 4.69) is 52.9 Å². The molecule has 0 amide bonds. The van der Waals surface area contributed by atoms with Gasteiger partial charge < -0.3 is 30.2 Å². The van der Waals surface area contributed by atoms with Gasteiger partial charge in [-0.3, -0.25) is 30.2 Å². The Morgan fingerprint density at radius 1 is 0.712 bits per heavy atom. The first-order chi connectivity index (χ1) is 28.1. The highest BCUT2D eigenvalue weighted by atomic mass is 79.9. The fourth-order valence-corrected chi connectivity index (χ4v) is 9.13. The summed E-state index contributed by atoms with van der Waals surface area (Å²) < 4.78 is 1.97. The molecule has 1 atom stereocenters. The van der Waals surface area contributed by atoms with Crippen molar-refractivity contribution in [3.05, 3.63) is 79.4 Å². The minimum atomic E-state index is -0.822. The lowest BCUT2D eigenvalue weighted by Gasteiger charge is -2.37. The topological polar surface area (TPSA) is 177 Å². The van der Waals surface area contributed by atoms with Gasteiger partial charge >= 0.3 is 11.9 Å². The Bertz CT molecular complexity index is 2180. The second kappa shape index (κ2) is 21.5. The SMILES string of the molecule is CC(=NNC(=S)N1CCN(C(C)C(=O)O)CC1)c1csc(-c2ccc(Br)cc2)c1O.CC(=NNC(=S)N1CCN(CC(=O)O)CC1)c1csc(-c2ccc(Br)cc2)c1O. The molecule has 0 spiro atoms. The van der Waals surface area contributed by atoms with Gasteiger partial charge in [-0.2, -0.15) is 10.2 Å². The van der Waals surface area contributed by atoms with Crippen LogP contribution in [0, 0.1) is 0 Å². The third-order valence-corrected chi connectivity index (χ3v) is 13.5. The maximum absolute atomic E-state index is 11.1. The standard InChI is InChI=1S/C20H23BrN4O3S2.C19H21BrN4O3S2/c1-12(16-11-30-18(17(16)26)14-3-5-15(21)6-4-14)22-23-20(29)25-9-7-24(8-10-25)13(2)19(27)28;1-12(15-11-29-18(17(15)27)13-2-4-14(20)5-3-13)21-22-19(28)24-8-6-23(7-9-24)10-16(25)26/h3-6,11,13,26H,7-10H2,1-2H3,(H,23,29)(H,27,28);2-5,11,27H,6-10H2,1H3,(H,22,28)(H,25,26). The summed E-state index contributed by atoms with van der Waals surface area (Å²) in [5, 5.41) is 52.7. The van der Waals surface area contributed by atoms with Gasteiger partial charge in [0.1, 0.15) is 17.5 Å². The molecule has 2 saturated heterocycles. The van der Waals surface area contributed by atoms with E-state index in [-0.39, 0.29) is 18.0 Å². The Balaban J connectivity index is 0.000000224. The number of thiophene rings is 2. The molecule has 4 heterocycles. The van der Waals surface area contributed by atoms with E-state index >= 15 is 0 Å². The second-order valence-electron chi connectivity index (χ2n) is 13.6. The summed E-state index contributed by atoms with van der Waals surface area (Å²) in [5.41, 5.74) is 10.3. The number of carboxylic acids is 2. The zero-order valence-electron chi connectivity index (χ0n) is 32.4. The minimum Gasteiger partial charge on any atom is -0.506 e. The molecule has 314 valence electrons. The molecule has 0 radical (unpaired) electrons. The number of nitrogens with zero attached hydrogens (tertiary/aromatic N) is 6. The van der Waals surface area contributed by atoms with Gasteiger partial charge in [0.15, 0.2) is 10.2 Å². The number of hydrogen-bond acceptors (Lipinski definition) is 12. The lowest BCUT2D eigenvalue weighted by Crippen LogP contribution is -2.54. The number of aliphatic carboxylic acids is 2. The van der Waals surface area contributed by atoms with Crippen molar-refractivity contribution in [1.82, 2.24) is 30.5 Å². The largest absolute Gasteiger partial charge is 0.506 e. The van der Waals surface area contributed by atoms with E-state index in [1.807, 2.05) is 92.7 Å². The number of thiocarbonyl (C=S) groups is 2. The Morgan fingerprint density at radius 2 is 1.10 bits per heavy atom. The first-order valence-corrected chi connectivity index (χ1v) is 22.5. The Morgan fingerprint density at radius 3 is 1.47 bits per heavy atom. The smallest absolute Gasteiger partial charge is 0.320 e. The zero-order chi connectivity index (χ0) is 42.8. The van der Waals surface area contributed by atoms with E-state index in [1.54, 1.807) is 6.92 Å². The van der Waals surface area contributed by atoms with Crippen LogP contribution in [0.4, 0.5) is 0 Å². The van der Waals surface area contributed by atoms with Gasteiger partial charge in [-0.15, -0.1) is 22.7 Å². The average molecular weight is 1010 g/mol. The highest BCUT2D eigenvalue weighted by Crippen LogP contribution is 2.40. The van der Waals surface area contributed by atoms with Gasteiger partial charge in [0.05, 0.1) is 38.8 Å². The van der Waals surface area contributed by atoms with Crippen LogP contribution in [0.5, 0.6) is 11.5 Å². The van der Waals surface area contributed by atoms with Crippen LogP contribution in [0.25, 0.3) is 20.9 Å². The maximum atomic E-state index is 11.1. The summed E-state index contributed by atoms with van der Waals surface area (Å²) in [6, 6.07) is 15.0. The van der Waals surface area contributed by atoms with Crippen molar-refractivity contribution in [3.63, 3.8) is 0 Å². The molecular formula is C39H44Br2N8O6S4. The number of halogens is 2. The number of hydrazone groups is 2. The number of rotatable bonds is 10. The highest BCUT2D eigenvalue weighted by Gasteiger charge is 2.26. The maximum Gasteiger partial charge on any atom is 0.320 e. The molecule has 2 aromatic carbocycles. The van der Waals surface area contributed by atoms with E-state index in [9.17, 15) is 19.8 Å². The Labute approximate surface area is 378 Å². The monoisotopic (exact) mass is 1010 g/mol. The molecule has 6 N–H and O–H groups in total. The van der Waals surface area contributed by atoms with Crippen LogP contribution in [0.15, 0.2) is 78.4 Å². The predicted octanol–water partition coefficient (Wildman–Crippen LogP) is 6.76. The molecule has 2 fully saturated rings. The van der Waals surface area contributed by atoms with Crippen LogP contribution in [-0.4, -0.2) is 139 Å². The fourth-order valence-electron chi connectivity index (χ4n) is 6.12. The van der Waals surface area contributed by atoms with E-state index in [0.29, 0.717) is 85.1 Å². The molecule has 2 aromatic heterocycles. The van der Waals surface area contributed by atoms with Crippen molar-refractivity contribution >= 4 is 113 Å². The number of piperazine rings is 2. The van der Waals surface area contributed by atoms with Gasteiger partial charge in [0.2, 0.25) is 0 Å². The molecule has 20 heteroatoms. The van der Waals surface area contributed by atoms with Crippen LogP contribution >= 0.6 is 79.0 Å². The number of carbonyl (C=O) groups is 2. The molecule has 2 aliphatic rings. The molecule has 59 heavy (non-hydrogen) atoms. The van der Waals surface area contributed by atoms with Crippen LogP contribution < -0.4 is 10.9 Å². The van der Waals surface area contributed by atoms with Gasteiger partial charge in [-0.1, -0.05) is 56.1 Å². The molecule has 1 unspecified atom stereocenters. The second-order valence-corrected chi connectivity index (χ2v) is 18.0. The molecule has 0 aliphatic carbocycles. The molecule has 0 bridgehead atoms. The molecule has 2 aliphatic heterocycles. The van der Waals surface area contributed by atoms with Crippen LogP contribution in [-0.2, 0) is 9.59 Å². The molecule has 6 rings (SSSR count). The van der Waals surface area contributed by atoms with Crippen LogP contribution in [0.1, 0.15) is 31.9 Å². The quantitative estimate of drug-likeness (QED) is 0.0559. The van der Waals surface area contributed by atoms with Gasteiger partial charge in [-0.25, -0.2) is 0 Å². The number of aromatic hydroxyl groups is 2. The fraction of sp³-hybridized carbons (Fsp3) is 0.333. The Kier molecular flexibility index (Phi) is 16.8. The number of nitrogens with one attached hydrogen (secondary N) is 2. The lowest BCUT2D eigenvalue weighted by atomic mass is 10.1. The van der Waals surface area contributed by atoms with Crippen molar-refractivity contribution < 1.29 is 30.0 Å². The zero-order valence-corrected chi connectivity index (χ0v) is 38.8. The summed E-state index contributed by atoms with van der Waals surface area (Å²) in [7, 11) is 0.